The Morgan fingerprint density at radius 3 is 3.00 bits per heavy atom. The van der Waals surface area contributed by atoms with E-state index in [9.17, 15) is 5.11 Å². The molecule has 0 unspecified atom stereocenters. The Morgan fingerprint density at radius 2 is 2.31 bits per heavy atom. The van der Waals surface area contributed by atoms with E-state index < -0.39 is 0 Å². The van der Waals surface area contributed by atoms with E-state index in [1.807, 2.05) is 11.4 Å². The summed E-state index contributed by atoms with van der Waals surface area (Å²) in [5, 5.41) is 12.4. The number of thiol groups is 1. The lowest BCUT2D eigenvalue weighted by molar-refractivity contribution is 0.377. The van der Waals surface area contributed by atoms with Crippen LogP contribution >= 0.6 is 24.0 Å². The molecule has 1 aromatic heterocycles. The number of hydrogen-bond donors (Lipinski definition) is 2. The van der Waals surface area contributed by atoms with Gasteiger partial charge in [0.1, 0.15) is 0 Å². The molecule has 2 nitrogen and oxygen atoms in total. The second-order valence-corrected chi connectivity index (χ2v) is 4.01. The van der Waals surface area contributed by atoms with Gasteiger partial charge in [0, 0.05) is 10.3 Å². The maximum atomic E-state index is 9.54. The SMILES string of the molecule is COc1c(O)cc(S)c2sccc12. The quantitative estimate of drug-likeness (QED) is 0.712. The molecule has 0 atom stereocenters. The van der Waals surface area contributed by atoms with Crippen LogP contribution in [-0.4, -0.2) is 12.2 Å². The van der Waals surface area contributed by atoms with Gasteiger partial charge in [-0.3, -0.25) is 0 Å². The second kappa shape index (κ2) is 3.12. The van der Waals surface area contributed by atoms with Crippen molar-refractivity contribution in [3.05, 3.63) is 17.5 Å². The first-order valence-electron chi connectivity index (χ1n) is 3.70. The van der Waals surface area contributed by atoms with Gasteiger partial charge in [0.25, 0.3) is 0 Å². The van der Waals surface area contributed by atoms with E-state index in [4.69, 9.17) is 4.74 Å². The standard InChI is InChI=1S/C9H8O2S2/c1-11-8-5-2-3-13-9(5)7(12)4-6(8)10/h2-4,10,12H,1H3. The van der Waals surface area contributed by atoms with Crippen molar-refractivity contribution in [1.82, 2.24) is 0 Å². The molecular weight excluding hydrogens is 204 g/mol. The molecule has 0 aliphatic rings. The van der Waals surface area contributed by atoms with E-state index in [0.29, 0.717) is 5.75 Å². The Morgan fingerprint density at radius 1 is 1.54 bits per heavy atom. The molecule has 0 fully saturated rings. The molecule has 1 heterocycles. The fourth-order valence-electron chi connectivity index (χ4n) is 1.30. The van der Waals surface area contributed by atoms with Gasteiger partial charge in [-0.25, -0.2) is 0 Å². The number of benzene rings is 1. The summed E-state index contributed by atoms with van der Waals surface area (Å²) in [6.07, 6.45) is 0. The van der Waals surface area contributed by atoms with Crippen molar-refractivity contribution in [2.45, 2.75) is 4.90 Å². The predicted molar refractivity (Wildman–Crippen MR) is 57.3 cm³/mol. The largest absolute Gasteiger partial charge is 0.504 e. The van der Waals surface area contributed by atoms with Crippen LogP contribution in [0.1, 0.15) is 0 Å². The third kappa shape index (κ3) is 1.26. The van der Waals surface area contributed by atoms with Crippen LogP contribution in [0.2, 0.25) is 0 Å². The van der Waals surface area contributed by atoms with Crippen molar-refractivity contribution < 1.29 is 9.84 Å². The molecule has 13 heavy (non-hydrogen) atoms. The third-order valence-electron chi connectivity index (χ3n) is 1.85. The molecule has 0 radical (unpaired) electrons. The van der Waals surface area contributed by atoms with Crippen LogP contribution in [-0.2, 0) is 0 Å². The zero-order valence-electron chi connectivity index (χ0n) is 6.94. The highest BCUT2D eigenvalue weighted by Gasteiger charge is 2.10. The first-order chi connectivity index (χ1) is 6.24. The number of methoxy groups -OCH3 is 1. The van der Waals surface area contributed by atoms with E-state index in [0.717, 1.165) is 15.0 Å². The minimum Gasteiger partial charge on any atom is -0.504 e. The summed E-state index contributed by atoms with van der Waals surface area (Å²) < 4.78 is 6.13. The summed E-state index contributed by atoms with van der Waals surface area (Å²) in [6.45, 7) is 0. The summed E-state index contributed by atoms with van der Waals surface area (Å²) in [5.41, 5.74) is 0. The summed E-state index contributed by atoms with van der Waals surface area (Å²) in [5.74, 6) is 0.660. The molecule has 0 spiro atoms. The smallest absolute Gasteiger partial charge is 0.169 e. The van der Waals surface area contributed by atoms with Crippen molar-refractivity contribution in [2.75, 3.05) is 7.11 Å². The number of aromatic hydroxyl groups is 1. The van der Waals surface area contributed by atoms with Crippen molar-refractivity contribution in [1.29, 1.82) is 0 Å². The van der Waals surface area contributed by atoms with Gasteiger partial charge < -0.3 is 9.84 Å². The number of phenolic OH excluding ortho intramolecular Hbond substituents is 1. The van der Waals surface area contributed by atoms with Crippen LogP contribution in [0, 0.1) is 0 Å². The summed E-state index contributed by atoms with van der Waals surface area (Å²) >= 11 is 5.85. The summed E-state index contributed by atoms with van der Waals surface area (Å²) in [7, 11) is 1.55. The molecule has 2 rings (SSSR count). The molecule has 0 amide bonds. The number of phenols is 1. The summed E-state index contributed by atoms with van der Waals surface area (Å²) in [6, 6.07) is 3.51. The summed E-state index contributed by atoms with van der Waals surface area (Å²) in [4.78, 5) is 0.781. The van der Waals surface area contributed by atoms with Crippen molar-refractivity contribution >= 4 is 34.1 Å². The Bertz CT molecular complexity index is 448. The first-order valence-corrected chi connectivity index (χ1v) is 5.03. The number of ether oxygens (including phenoxy) is 1. The zero-order valence-corrected chi connectivity index (χ0v) is 8.65. The van der Waals surface area contributed by atoms with Crippen LogP contribution < -0.4 is 4.74 Å². The van der Waals surface area contributed by atoms with E-state index in [1.54, 1.807) is 24.5 Å². The molecule has 0 aliphatic heterocycles. The number of fused-ring (bicyclic) bond motifs is 1. The zero-order chi connectivity index (χ0) is 9.42. The fourth-order valence-corrected chi connectivity index (χ4v) is 2.51. The van der Waals surface area contributed by atoms with Crippen molar-refractivity contribution in [2.24, 2.45) is 0 Å². The Balaban J connectivity index is 2.88. The van der Waals surface area contributed by atoms with Crippen LogP contribution in [0.5, 0.6) is 11.5 Å². The minimum absolute atomic E-state index is 0.137. The molecule has 0 saturated heterocycles. The van der Waals surface area contributed by atoms with Gasteiger partial charge in [-0.15, -0.1) is 24.0 Å². The molecule has 1 N–H and O–H groups in total. The monoisotopic (exact) mass is 212 g/mol. The molecule has 0 saturated carbocycles. The van der Waals surface area contributed by atoms with Gasteiger partial charge in [0.2, 0.25) is 0 Å². The molecule has 0 aliphatic carbocycles. The lowest BCUT2D eigenvalue weighted by Gasteiger charge is -2.05. The van der Waals surface area contributed by atoms with Crippen LogP contribution in [0.15, 0.2) is 22.4 Å². The molecule has 2 aromatic rings. The fraction of sp³-hybridized carbons (Fsp3) is 0.111. The van der Waals surface area contributed by atoms with Crippen LogP contribution in [0.3, 0.4) is 0 Å². The number of thiophene rings is 1. The maximum absolute atomic E-state index is 9.54. The van der Waals surface area contributed by atoms with Gasteiger partial charge in [-0.05, 0) is 17.5 Å². The first kappa shape index (κ1) is 8.72. The molecule has 1 aromatic carbocycles. The van der Waals surface area contributed by atoms with Crippen LogP contribution in [0.4, 0.5) is 0 Å². The predicted octanol–water partition coefficient (Wildman–Crippen LogP) is 2.90. The highest BCUT2D eigenvalue weighted by Crippen LogP contribution is 2.40. The Labute approximate surface area is 85.2 Å². The van der Waals surface area contributed by atoms with Gasteiger partial charge in [0.15, 0.2) is 11.5 Å². The average molecular weight is 212 g/mol. The van der Waals surface area contributed by atoms with Gasteiger partial charge >= 0.3 is 0 Å². The molecular formula is C9H8O2S2. The molecule has 0 bridgehead atoms. The number of hydrogen-bond acceptors (Lipinski definition) is 4. The van der Waals surface area contributed by atoms with E-state index >= 15 is 0 Å². The maximum Gasteiger partial charge on any atom is 0.169 e. The highest BCUT2D eigenvalue weighted by molar-refractivity contribution is 7.80. The normalized spacial score (nSPS) is 10.6. The molecule has 68 valence electrons. The lowest BCUT2D eigenvalue weighted by Crippen LogP contribution is -1.84. The van der Waals surface area contributed by atoms with E-state index in [-0.39, 0.29) is 5.75 Å². The Kier molecular flexibility index (Phi) is 2.09. The Hall–Kier alpha value is -0.870. The topological polar surface area (TPSA) is 29.5 Å². The molecule has 4 heteroatoms. The van der Waals surface area contributed by atoms with Gasteiger partial charge in [-0.2, -0.15) is 0 Å². The van der Waals surface area contributed by atoms with E-state index in [1.165, 1.54) is 0 Å². The van der Waals surface area contributed by atoms with Crippen molar-refractivity contribution in [3.8, 4) is 11.5 Å². The van der Waals surface area contributed by atoms with E-state index in [2.05, 4.69) is 12.6 Å². The number of rotatable bonds is 1. The van der Waals surface area contributed by atoms with Crippen molar-refractivity contribution in [3.63, 3.8) is 0 Å². The minimum atomic E-state index is 0.137. The van der Waals surface area contributed by atoms with Crippen LogP contribution in [0.25, 0.3) is 10.1 Å². The second-order valence-electron chi connectivity index (χ2n) is 2.61. The third-order valence-corrected chi connectivity index (χ3v) is 3.30. The van der Waals surface area contributed by atoms with Gasteiger partial charge in [0.05, 0.1) is 11.8 Å². The average Bonchev–Trinajstić information content (AvgIpc) is 2.53. The highest BCUT2D eigenvalue weighted by atomic mass is 32.1. The van der Waals surface area contributed by atoms with Gasteiger partial charge in [-0.1, -0.05) is 0 Å². The lowest BCUT2D eigenvalue weighted by atomic mass is 10.2.